The van der Waals surface area contributed by atoms with Gasteiger partial charge >= 0.3 is 5.97 Å². The molecule has 0 spiro atoms. The Hall–Kier alpha value is -0.530. The second-order valence-corrected chi connectivity index (χ2v) is 5.24. The van der Waals surface area contributed by atoms with E-state index < -0.39 is 5.97 Å². The van der Waals surface area contributed by atoms with Crippen LogP contribution in [0.1, 0.15) is 46.5 Å². The monoisotopic (exact) mass is 184 g/mol. The van der Waals surface area contributed by atoms with E-state index in [4.69, 9.17) is 5.11 Å². The molecule has 1 saturated carbocycles. The average Bonchev–Trinajstić information content (AvgIpc) is 2.28. The minimum absolute atomic E-state index is 0.334. The topological polar surface area (TPSA) is 37.3 Å². The zero-order valence-corrected chi connectivity index (χ0v) is 8.84. The molecule has 0 radical (unpaired) electrons. The molecule has 0 aliphatic heterocycles. The lowest BCUT2D eigenvalue weighted by Gasteiger charge is -2.20. The number of rotatable bonds is 3. The van der Waals surface area contributed by atoms with Crippen molar-refractivity contribution in [2.24, 2.45) is 17.3 Å². The van der Waals surface area contributed by atoms with Crippen LogP contribution in [0, 0.1) is 17.3 Å². The van der Waals surface area contributed by atoms with E-state index in [0.29, 0.717) is 23.7 Å². The Bertz CT molecular complexity index is 196. The van der Waals surface area contributed by atoms with Crippen LogP contribution in [0.5, 0.6) is 0 Å². The van der Waals surface area contributed by atoms with Crippen LogP contribution in [0.25, 0.3) is 0 Å². The molecular weight excluding hydrogens is 164 g/mol. The van der Waals surface area contributed by atoms with Crippen molar-refractivity contribution in [1.82, 2.24) is 0 Å². The SMILES string of the molecule is CC(CC(=O)O)C1CCC(C)(C)C1. The molecule has 0 aromatic heterocycles. The summed E-state index contributed by atoms with van der Waals surface area (Å²) in [5.41, 5.74) is 0.442. The number of hydrogen-bond donors (Lipinski definition) is 1. The fourth-order valence-corrected chi connectivity index (χ4v) is 2.42. The lowest BCUT2D eigenvalue weighted by atomic mass is 9.85. The van der Waals surface area contributed by atoms with Crippen LogP contribution < -0.4 is 0 Å². The van der Waals surface area contributed by atoms with Crippen LogP contribution in [0.2, 0.25) is 0 Å². The lowest BCUT2D eigenvalue weighted by Crippen LogP contribution is -2.14. The highest BCUT2D eigenvalue weighted by molar-refractivity contribution is 5.67. The summed E-state index contributed by atoms with van der Waals surface area (Å²) < 4.78 is 0. The molecule has 0 amide bonds. The number of carbonyl (C=O) groups is 1. The van der Waals surface area contributed by atoms with Gasteiger partial charge in [0, 0.05) is 6.42 Å². The van der Waals surface area contributed by atoms with Gasteiger partial charge in [-0.15, -0.1) is 0 Å². The zero-order valence-electron chi connectivity index (χ0n) is 8.84. The van der Waals surface area contributed by atoms with E-state index in [0.717, 1.165) is 0 Å². The second kappa shape index (κ2) is 3.69. The Labute approximate surface area is 80.3 Å². The van der Waals surface area contributed by atoms with Gasteiger partial charge in [-0.25, -0.2) is 0 Å². The third-order valence-electron chi connectivity index (χ3n) is 3.31. The molecule has 76 valence electrons. The average molecular weight is 184 g/mol. The minimum atomic E-state index is -0.655. The van der Waals surface area contributed by atoms with Crippen LogP contribution in [0.4, 0.5) is 0 Å². The van der Waals surface area contributed by atoms with Crippen molar-refractivity contribution < 1.29 is 9.90 Å². The van der Waals surface area contributed by atoms with Gasteiger partial charge in [0.05, 0.1) is 0 Å². The Morgan fingerprint density at radius 2 is 2.23 bits per heavy atom. The van der Waals surface area contributed by atoms with E-state index in [-0.39, 0.29) is 0 Å². The fraction of sp³-hybridized carbons (Fsp3) is 0.909. The molecule has 2 atom stereocenters. The largest absolute Gasteiger partial charge is 0.481 e. The van der Waals surface area contributed by atoms with Gasteiger partial charge in [0.25, 0.3) is 0 Å². The molecule has 0 aromatic carbocycles. The van der Waals surface area contributed by atoms with Gasteiger partial charge in [-0.1, -0.05) is 20.8 Å². The van der Waals surface area contributed by atoms with Gasteiger partial charge in [0.1, 0.15) is 0 Å². The summed E-state index contributed by atoms with van der Waals surface area (Å²) in [5, 5.41) is 8.67. The molecule has 0 aromatic rings. The number of hydrogen-bond acceptors (Lipinski definition) is 1. The van der Waals surface area contributed by atoms with Crippen LogP contribution >= 0.6 is 0 Å². The quantitative estimate of drug-likeness (QED) is 0.732. The van der Waals surface area contributed by atoms with Gasteiger partial charge in [-0.05, 0) is 36.5 Å². The van der Waals surface area contributed by atoms with Crippen LogP contribution in [0.15, 0.2) is 0 Å². The second-order valence-electron chi connectivity index (χ2n) is 5.24. The van der Waals surface area contributed by atoms with Gasteiger partial charge in [-0.2, -0.15) is 0 Å². The molecule has 1 rings (SSSR count). The fourth-order valence-electron chi connectivity index (χ4n) is 2.42. The first kappa shape index (κ1) is 10.6. The Balaban J connectivity index is 2.42. The highest BCUT2D eigenvalue weighted by Crippen LogP contribution is 2.44. The van der Waals surface area contributed by atoms with Crippen molar-refractivity contribution in [2.75, 3.05) is 0 Å². The maximum atomic E-state index is 10.5. The smallest absolute Gasteiger partial charge is 0.303 e. The molecule has 0 bridgehead atoms. The van der Waals surface area contributed by atoms with Crippen LogP contribution in [-0.2, 0) is 4.79 Å². The van der Waals surface area contributed by atoms with E-state index in [1.165, 1.54) is 19.3 Å². The van der Waals surface area contributed by atoms with Gasteiger partial charge in [0.2, 0.25) is 0 Å². The van der Waals surface area contributed by atoms with E-state index in [1.54, 1.807) is 0 Å². The van der Waals surface area contributed by atoms with E-state index >= 15 is 0 Å². The zero-order chi connectivity index (χ0) is 10.1. The number of carboxylic acid groups (broad SMARTS) is 1. The lowest BCUT2D eigenvalue weighted by molar-refractivity contribution is -0.138. The first-order valence-corrected chi connectivity index (χ1v) is 5.12. The highest BCUT2D eigenvalue weighted by Gasteiger charge is 2.34. The molecule has 0 saturated heterocycles. The Kier molecular flexibility index (Phi) is 2.99. The predicted octanol–water partition coefficient (Wildman–Crippen LogP) is 2.92. The van der Waals surface area contributed by atoms with E-state index in [2.05, 4.69) is 20.8 Å². The highest BCUT2D eigenvalue weighted by atomic mass is 16.4. The minimum Gasteiger partial charge on any atom is -0.481 e. The van der Waals surface area contributed by atoms with E-state index in [9.17, 15) is 4.79 Å². The van der Waals surface area contributed by atoms with Crippen molar-refractivity contribution in [2.45, 2.75) is 46.5 Å². The summed E-state index contributed by atoms with van der Waals surface area (Å²) in [7, 11) is 0. The molecular formula is C11H20O2. The Morgan fingerprint density at radius 1 is 1.62 bits per heavy atom. The number of aliphatic carboxylic acids is 1. The van der Waals surface area contributed by atoms with E-state index in [1.807, 2.05) is 0 Å². The molecule has 2 nitrogen and oxygen atoms in total. The van der Waals surface area contributed by atoms with Crippen molar-refractivity contribution in [3.8, 4) is 0 Å². The molecule has 1 aliphatic rings. The van der Waals surface area contributed by atoms with Gasteiger partial charge in [0.15, 0.2) is 0 Å². The molecule has 2 unspecified atom stereocenters. The van der Waals surface area contributed by atoms with Crippen molar-refractivity contribution >= 4 is 5.97 Å². The first-order chi connectivity index (χ1) is 5.91. The van der Waals surface area contributed by atoms with Crippen molar-refractivity contribution in [3.63, 3.8) is 0 Å². The third kappa shape index (κ3) is 3.02. The predicted molar refractivity (Wildman–Crippen MR) is 52.5 cm³/mol. The summed E-state index contributed by atoms with van der Waals surface area (Å²) in [6.45, 7) is 6.63. The maximum Gasteiger partial charge on any atom is 0.303 e. The van der Waals surface area contributed by atoms with Gasteiger partial charge < -0.3 is 5.11 Å². The van der Waals surface area contributed by atoms with Crippen molar-refractivity contribution in [1.29, 1.82) is 0 Å². The molecule has 1 fully saturated rings. The molecule has 1 N–H and O–H groups in total. The molecule has 1 aliphatic carbocycles. The summed E-state index contributed by atoms with van der Waals surface area (Å²) in [6, 6.07) is 0. The standard InChI is InChI=1S/C11H20O2/c1-8(6-10(12)13)9-4-5-11(2,3)7-9/h8-9H,4-7H2,1-3H3,(H,12,13). The Morgan fingerprint density at radius 3 is 2.62 bits per heavy atom. The van der Waals surface area contributed by atoms with Crippen LogP contribution in [-0.4, -0.2) is 11.1 Å². The normalized spacial score (nSPS) is 28.7. The first-order valence-electron chi connectivity index (χ1n) is 5.12. The molecule has 0 heterocycles. The van der Waals surface area contributed by atoms with Crippen molar-refractivity contribution in [3.05, 3.63) is 0 Å². The maximum absolute atomic E-state index is 10.5. The number of carboxylic acids is 1. The molecule has 2 heteroatoms. The third-order valence-corrected chi connectivity index (χ3v) is 3.31. The summed E-state index contributed by atoms with van der Waals surface area (Å²) in [5.74, 6) is 0.322. The van der Waals surface area contributed by atoms with Crippen LogP contribution in [0.3, 0.4) is 0 Å². The molecule has 13 heavy (non-hydrogen) atoms. The van der Waals surface area contributed by atoms with Gasteiger partial charge in [-0.3, -0.25) is 4.79 Å². The summed E-state index contributed by atoms with van der Waals surface area (Å²) in [4.78, 5) is 10.5. The summed E-state index contributed by atoms with van der Waals surface area (Å²) in [6.07, 6.45) is 3.99. The summed E-state index contributed by atoms with van der Waals surface area (Å²) >= 11 is 0.